The van der Waals surface area contributed by atoms with Crippen LogP contribution in [0.2, 0.25) is 0 Å². The minimum atomic E-state index is 0.559. The van der Waals surface area contributed by atoms with E-state index in [-0.39, 0.29) is 0 Å². The highest BCUT2D eigenvalue weighted by atomic mass is 79.9. The van der Waals surface area contributed by atoms with Gasteiger partial charge in [0.05, 0.1) is 6.61 Å². The van der Waals surface area contributed by atoms with Crippen LogP contribution in [0, 0.1) is 0 Å². The summed E-state index contributed by atoms with van der Waals surface area (Å²) in [5.41, 5.74) is 2.62. The second kappa shape index (κ2) is 5.66. The average molecular weight is 285 g/mol. The van der Waals surface area contributed by atoms with Crippen molar-refractivity contribution in [1.29, 1.82) is 0 Å². The monoisotopic (exact) mass is 284 g/mol. The van der Waals surface area contributed by atoms with E-state index in [1.165, 1.54) is 24.1 Å². The fraction of sp³-hybridized carbons (Fsp3) is 0.500. The number of rotatable bonds is 4. The first-order valence-corrected chi connectivity index (χ1v) is 6.46. The van der Waals surface area contributed by atoms with E-state index >= 15 is 0 Å². The Balaban J connectivity index is 2.24. The van der Waals surface area contributed by atoms with Crippen molar-refractivity contribution in [3.05, 3.63) is 28.2 Å². The Hall–Kier alpha value is -0.580. The van der Waals surface area contributed by atoms with Crippen molar-refractivity contribution in [2.75, 3.05) is 24.6 Å². The molecule has 2 N–H and O–H groups in total. The molecule has 0 saturated carbocycles. The highest BCUT2D eigenvalue weighted by Crippen LogP contribution is 2.30. The zero-order chi connectivity index (χ0) is 11.4. The minimum Gasteiger partial charge on any atom is -0.371 e. The summed E-state index contributed by atoms with van der Waals surface area (Å²) in [6.45, 7) is 2.88. The third-order valence-corrected chi connectivity index (χ3v) is 3.75. The summed E-state index contributed by atoms with van der Waals surface area (Å²) in [7, 11) is 0. The van der Waals surface area contributed by atoms with Crippen LogP contribution in [-0.2, 0) is 11.3 Å². The number of benzene rings is 1. The first kappa shape index (κ1) is 11.9. The van der Waals surface area contributed by atoms with Crippen molar-refractivity contribution in [2.45, 2.75) is 19.3 Å². The maximum absolute atomic E-state index is 5.10. The Morgan fingerprint density at radius 3 is 2.75 bits per heavy atom. The van der Waals surface area contributed by atoms with Gasteiger partial charge in [-0.15, -0.1) is 0 Å². The van der Waals surface area contributed by atoms with Crippen LogP contribution in [0.4, 0.5) is 5.69 Å². The molecule has 1 aliphatic rings. The maximum atomic E-state index is 5.10. The molecule has 0 unspecified atom stereocenters. The van der Waals surface area contributed by atoms with E-state index in [0.29, 0.717) is 6.61 Å². The first-order chi connectivity index (χ1) is 7.83. The molecule has 4 heteroatoms. The predicted octanol–water partition coefficient (Wildman–Crippen LogP) is 2.48. The van der Waals surface area contributed by atoms with Gasteiger partial charge in [-0.2, -0.15) is 0 Å². The fourth-order valence-corrected chi connectivity index (χ4v) is 2.76. The molecule has 0 aromatic heterocycles. The molecular weight excluding hydrogens is 268 g/mol. The number of nitrogens with two attached hydrogens (primary N) is 1. The molecule has 1 aliphatic heterocycles. The highest BCUT2D eigenvalue weighted by Gasteiger charge is 2.16. The van der Waals surface area contributed by atoms with Crippen molar-refractivity contribution in [2.24, 2.45) is 5.90 Å². The summed E-state index contributed by atoms with van der Waals surface area (Å²) in [6.07, 6.45) is 3.43. The Morgan fingerprint density at radius 1 is 1.31 bits per heavy atom. The summed E-state index contributed by atoms with van der Waals surface area (Å²) < 4.78 is 1.15. The van der Waals surface area contributed by atoms with Gasteiger partial charge < -0.3 is 9.74 Å². The molecule has 2 rings (SSSR count). The Bertz CT molecular complexity index is 351. The highest BCUT2D eigenvalue weighted by molar-refractivity contribution is 9.10. The lowest BCUT2D eigenvalue weighted by Crippen LogP contribution is -2.20. The van der Waals surface area contributed by atoms with E-state index in [0.717, 1.165) is 24.0 Å². The normalized spacial score (nSPS) is 15.8. The van der Waals surface area contributed by atoms with Crippen molar-refractivity contribution in [1.82, 2.24) is 0 Å². The second-order valence-corrected chi connectivity index (χ2v) is 4.91. The zero-order valence-electron chi connectivity index (χ0n) is 9.29. The van der Waals surface area contributed by atoms with Crippen LogP contribution in [-0.4, -0.2) is 19.7 Å². The van der Waals surface area contributed by atoms with Crippen molar-refractivity contribution < 1.29 is 4.84 Å². The summed E-state index contributed by atoms with van der Waals surface area (Å²) in [4.78, 5) is 7.12. The second-order valence-electron chi connectivity index (χ2n) is 4.05. The molecule has 1 heterocycles. The quantitative estimate of drug-likeness (QED) is 0.864. The molecule has 1 saturated heterocycles. The lowest BCUT2D eigenvalue weighted by Gasteiger charge is -2.22. The van der Waals surface area contributed by atoms with E-state index in [9.17, 15) is 0 Å². The zero-order valence-corrected chi connectivity index (χ0v) is 10.9. The van der Waals surface area contributed by atoms with Crippen molar-refractivity contribution in [3.8, 4) is 0 Å². The molecule has 16 heavy (non-hydrogen) atoms. The predicted molar refractivity (Wildman–Crippen MR) is 69.4 cm³/mol. The summed E-state index contributed by atoms with van der Waals surface area (Å²) >= 11 is 3.60. The van der Waals surface area contributed by atoms with Crippen LogP contribution in [0.15, 0.2) is 22.7 Å². The van der Waals surface area contributed by atoms with Gasteiger partial charge in [0.25, 0.3) is 0 Å². The third-order valence-electron chi connectivity index (χ3n) is 3.01. The smallest absolute Gasteiger partial charge is 0.0720 e. The van der Waals surface area contributed by atoms with Gasteiger partial charge in [-0.3, -0.25) is 0 Å². The van der Waals surface area contributed by atoms with Crippen LogP contribution in [0.5, 0.6) is 0 Å². The number of nitrogens with zero attached hydrogens (tertiary/aromatic N) is 1. The van der Waals surface area contributed by atoms with E-state index in [4.69, 9.17) is 5.90 Å². The molecule has 0 atom stereocenters. The van der Waals surface area contributed by atoms with Crippen molar-refractivity contribution in [3.63, 3.8) is 0 Å². The number of hydrogen-bond donors (Lipinski definition) is 1. The Morgan fingerprint density at radius 2 is 2.06 bits per heavy atom. The van der Waals surface area contributed by atoms with Crippen LogP contribution >= 0.6 is 15.9 Å². The first-order valence-electron chi connectivity index (χ1n) is 5.67. The number of anilines is 1. The van der Waals surface area contributed by atoms with E-state index in [1.807, 2.05) is 0 Å². The summed E-state index contributed by atoms with van der Waals surface area (Å²) in [6, 6.07) is 6.35. The van der Waals surface area contributed by atoms with Gasteiger partial charge in [0.2, 0.25) is 0 Å². The van der Waals surface area contributed by atoms with Gasteiger partial charge >= 0.3 is 0 Å². The van der Waals surface area contributed by atoms with Gasteiger partial charge in [0.15, 0.2) is 0 Å². The van der Waals surface area contributed by atoms with E-state index < -0.39 is 0 Å². The van der Waals surface area contributed by atoms with Crippen LogP contribution in [0.3, 0.4) is 0 Å². The molecular formula is C12H17BrN2O. The SMILES string of the molecule is NOCCc1c(Br)cccc1N1CCCC1. The molecule has 0 amide bonds. The van der Waals surface area contributed by atoms with Gasteiger partial charge in [-0.25, -0.2) is 5.90 Å². The molecule has 0 spiro atoms. The number of halogens is 1. The molecule has 1 aromatic carbocycles. The third kappa shape index (κ3) is 2.56. The van der Waals surface area contributed by atoms with Crippen LogP contribution in [0.25, 0.3) is 0 Å². The Labute approximate surface area is 105 Å². The molecule has 3 nitrogen and oxygen atoms in total. The Kier molecular flexibility index (Phi) is 4.21. The fourth-order valence-electron chi connectivity index (χ4n) is 2.21. The lowest BCUT2D eigenvalue weighted by molar-refractivity contribution is 0.141. The standard InChI is InChI=1S/C12H17BrN2O/c13-11-4-3-5-12(10(11)6-9-16-14)15-7-1-2-8-15/h3-5H,1-2,6-9,14H2. The summed E-state index contributed by atoms with van der Waals surface area (Å²) in [5.74, 6) is 5.10. The van der Waals surface area contributed by atoms with Gasteiger partial charge in [-0.1, -0.05) is 22.0 Å². The molecule has 0 aliphatic carbocycles. The molecule has 0 bridgehead atoms. The lowest BCUT2D eigenvalue weighted by atomic mass is 10.1. The summed E-state index contributed by atoms with van der Waals surface area (Å²) in [5, 5.41) is 0. The molecule has 0 radical (unpaired) electrons. The van der Waals surface area contributed by atoms with Gasteiger partial charge in [0.1, 0.15) is 0 Å². The van der Waals surface area contributed by atoms with Crippen LogP contribution < -0.4 is 10.8 Å². The minimum absolute atomic E-state index is 0.559. The molecule has 1 aromatic rings. The van der Waals surface area contributed by atoms with E-state index in [1.54, 1.807) is 0 Å². The maximum Gasteiger partial charge on any atom is 0.0720 e. The molecule has 1 fully saturated rings. The van der Waals surface area contributed by atoms with Crippen LogP contribution in [0.1, 0.15) is 18.4 Å². The molecule has 88 valence electrons. The largest absolute Gasteiger partial charge is 0.371 e. The van der Waals surface area contributed by atoms with E-state index in [2.05, 4.69) is 43.9 Å². The topological polar surface area (TPSA) is 38.5 Å². The number of hydrogen-bond acceptors (Lipinski definition) is 3. The average Bonchev–Trinajstić information content (AvgIpc) is 2.80. The van der Waals surface area contributed by atoms with Gasteiger partial charge in [-0.05, 0) is 30.5 Å². The van der Waals surface area contributed by atoms with Gasteiger partial charge in [0, 0.05) is 29.7 Å². The van der Waals surface area contributed by atoms with Crippen molar-refractivity contribution >= 4 is 21.6 Å².